The van der Waals surface area contributed by atoms with E-state index in [1.165, 1.54) is 5.69 Å². The number of ether oxygens (including phenoxy) is 1. The van der Waals surface area contributed by atoms with Crippen molar-refractivity contribution in [2.24, 2.45) is 4.99 Å². The Morgan fingerprint density at radius 2 is 1.72 bits per heavy atom. The molecule has 160 valence electrons. The zero-order valence-electron chi connectivity index (χ0n) is 17.8. The van der Waals surface area contributed by atoms with Crippen LogP contribution in [-0.4, -0.2) is 86.7 Å². The van der Waals surface area contributed by atoms with Crippen LogP contribution in [0.1, 0.15) is 26.7 Å². The Hall–Kier alpha value is -2.28. The number of rotatable bonds is 6. The normalized spacial score (nSPS) is 18.8. The lowest BCUT2D eigenvalue weighted by Gasteiger charge is -2.36. The van der Waals surface area contributed by atoms with E-state index in [4.69, 9.17) is 4.74 Å². The molecule has 2 saturated heterocycles. The smallest absolute Gasteiger partial charge is 0.244 e. The van der Waals surface area contributed by atoms with E-state index in [0.717, 1.165) is 71.2 Å². The van der Waals surface area contributed by atoms with Crippen LogP contribution in [0.3, 0.4) is 0 Å². The highest BCUT2D eigenvalue weighted by molar-refractivity contribution is 5.85. The molecule has 0 radical (unpaired) electrons. The number of carbonyl (C=O) groups is 1. The molecule has 0 spiro atoms. The van der Waals surface area contributed by atoms with Crippen molar-refractivity contribution in [2.45, 2.75) is 32.8 Å². The van der Waals surface area contributed by atoms with E-state index >= 15 is 0 Å². The number of piperidine rings is 1. The van der Waals surface area contributed by atoms with Crippen molar-refractivity contribution < 1.29 is 9.53 Å². The molecule has 29 heavy (non-hydrogen) atoms. The number of nitrogens with one attached hydrogen (secondary N) is 1. The minimum atomic E-state index is 0.109. The number of carbonyl (C=O) groups excluding carboxylic acids is 1. The zero-order valence-corrected chi connectivity index (χ0v) is 17.8. The molecule has 1 aromatic carbocycles. The van der Waals surface area contributed by atoms with Gasteiger partial charge in [0, 0.05) is 58.1 Å². The molecule has 1 N–H and O–H groups in total. The van der Waals surface area contributed by atoms with Crippen LogP contribution in [0, 0.1) is 0 Å². The van der Waals surface area contributed by atoms with E-state index in [9.17, 15) is 4.79 Å². The van der Waals surface area contributed by atoms with Gasteiger partial charge < -0.3 is 24.8 Å². The standard InChI is InChI=1S/C22H35N5O2/c1-3-23-22(27-12-10-20(11-13-27)29-4-2)24-18-21(28)26-16-14-25(15-17-26)19-8-6-5-7-9-19/h5-9,20H,3-4,10-18H2,1-2H3,(H,23,24). The summed E-state index contributed by atoms with van der Waals surface area (Å²) in [7, 11) is 0. The van der Waals surface area contributed by atoms with Gasteiger partial charge in [-0.3, -0.25) is 4.79 Å². The number of piperazine rings is 1. The Balaban J connectivity index is 1.49. The fourth-order valence-corrected chi connectivity index (χ4v) is 3.99. The molecule has 2 heterocycles. The number of anilines is 1. The number of guanidine groups is 1. The largest absolute Gasteiger partial charge is 0.378 e. The average Bonchev–Trinajstić information content (AvgIpc) is 2.78. The van der Waals surface area contributed by atoms with Gasteiger partial charge in [0.2, 0.25) is 5.91 Å². The number of hydrogen-bond donors (Lipinski definition) is 1. The van der Waals surface area contributed by atoms with E-state index in [1.807, 2.05) is 17.9 Å². The maximum absolute atomic E-state index is 12.7. The van der Waals surface area contributed by atoms with Crippen molar-refractivity contribution in [1.29, 1.82) is 0 Å². The van der Waals surface area contributed by atoms with E-state index in [2.05, 4.69) is 51.3 Å². The Bertz CT molecular complexity index is 650. The molecule has 0 unspecified atom stereocenters. The van der Waals surface area contributed by atoms with E-state index in [1.54, 1.807) is 0 Å². The number of benzene rings is 1. The number of para-hydroxylation sites is 1. The van der Waals surface area contributed by atoms with Gasteiger partial charge in [-0.05, 0) is 38.8 Å². The first-order valence-corrected chi connectivity index (χ1v) is 10.9. The average molecular weight is 402 g/mol. The fraction of sp³-hybridized carbons (Fsp3) is 0.636. The summed E-state index contributed by atoms with van der Waals surface area (Å²) < 4.78 is 5.74. The molecular weight excluding hydrogens is 366 g/mol. The second kappa shape index (κ2) is 11.0. The van der Waals surface area contributed by atoms with E-state index in [-0.39, 0.29) is 12.5 Å². The second-order valence-electron chi connectivity index (χ2n) is 7.52. The maximum atomic E-state index is 12.7. The Morgan fingerprint density at radius 1 is 1.03 bits per heavy atom. The van der Waals surface area contributed by atoms with Crippen LogP contribution in [0.15, 0.2) is 35.3 Å². The van der Waals surface area contributed by atoms with Crippen molar-refractivity contribution in [3.8, 4) is 0 Å². The number of likely N-dealkylation sites (tertiary alicyclic amines) is 1. The van der Waals surface area contributed by atoms with Crippen LogP contribution >= 0.6 is 0 Å². The van der Waals surface area contributed by atoms with Gasteiger partial charge in [-0.15, -0.1) is 0 Å². The summed E-state index contributed by atoms with van der Waals surface area (Å²) in [6.07, 6.45) is 2.36. The van der Waals surface area contributed by atoms with Gasteiger partial charge >= 0.3 is 0 Å². The maximum Gasteiger partial charge on any atom is 0.244 e. The molecule has 0 bridgehead atoms. The lowest BCUT2D eigenvalue weighted by Crippen LogP contribution is -2.50. The predicted octanol–water partition coefficient (Wildman–Crippen LogP) is 1.80. The van der Waals surface area contributed by atoms with Crippen LogP contribution in [0.25, 0.3) is 0 Å². The molecule has 2 aliphatic rings. The summed E-state index contributed by atoms with van der Waals surface area (Å²) >= 11 is 0. The molecule has 0 atom stereocenters. The Labute approximate surface area is 174 Å². The fourth-order valence-electron chi connectivity index (χ4n) is 3.99. The third kappa shape index (κ3) is 6.10. The highest BCUT2D eigenvalue weighted by atomic mass is 16.5. The monoisotopic (exact) mass is 401 g/mol. The summed E-state index contributed by atoms with van der Waals surface area (Å²) in [5, 5.41) is 3.34. The van der Waals surface area contributed by atoms with Gasteiger partial charge in [-0.25, -0.2) is 4.99 Å². The summed E-state index contributed by atoms with van der Waals surface area (Å²) in [5.41, 5.74) is 1.22. The van der Waals surface area contributed by atoms with Crippen molar-refractivity contribution in [1.82, 2.24) is 15.1 Å². The molecule has 1 amide bonds. The molecule has 3 rings (SSSR count). The number of amides is 1. The molecule has 2 aliphatic heterocycles. The van der Waals surface area contributed by atoms with E-state index in [0.29, 0.717) is 6.10 Å². The van der Waals surface area contributed by atoms with Gasteiger partial charge in [0.05, 0.1) is 6.10 Å². The van der Waals surface area contributed by atoms with Crippen LogP contribution < -0.4 is 10.2 Å². The number of nitrogens with zero attached hydrogens (tertiary/aromatic N) is 4. The summed E-state index contributed by atoms with van der Waals surface area (Å²) in [6.45, 7) is 10.9. The second-order valence-corrected chi connectivity index (χ2v) is 7.52. The third-order valence-electron chi connectivity index (χ3n) is 5.60. The van der Waals surface area contributed by atoms with Gasteiger partial charge in [0.15, 0.2) is 5.96 Å². The Kier molecular flexibility index (Phi) is 8.16. The highest BCUT2D eigenvalue weighted by Crippen LogP contribution is 2.16. The van der Waals surface area contributed by atoms with Crippen LogP contribution in [-0.2, 0) is 9.53 Å². The molecule has 7 heteroatoms. The van der Waals surface area contributed by atoms with Crippen LogP contribution in [0.5, 0.6) is 0 Å². The van der Waals surface area contributed by atoms with Crippen molar-refractivity contribution in [2.75, 3.05) is 63.9 Å². The highest BCUT2D eigenvalue weighted by Gasteiger charge is 2.23. The quantitative estimate of drug-likeness (QED) is 0.582. The predicted molar refractivity (Wildman–Crippen MR) is 117 cm³/mol. The minimum absolute atomic E-state index is 0.109. The SMILES string of the molecule is CCNC(=NCC(=O)N1CCN(c2ccccc2)CC1)N1CCC(OCC)CC1. The third-order valence-corrected chi connectivity index (χ3v) is 5.60. The van der Waals surface area contributed by atoms with Crippen LogP contribution in [0.2, 0.25) is 0 Å². The lowest BCUT2D eigenvalue weighted by atomic mass is 10.1. The van der Waals surface area contributed by atoms with Crippen molar-refractivity contribution in [3.05, 3.63) is 30.3 Å². The first-order chi connectivity index (χ1) is 14.2. The van der Waals surface area contributed by atoms with Crippen molar-refractivity contribution >= 4 is 17.6 Å². The molecule has 0 aromatic heterocycles. The van der Waals surface area contributed by atoms with Crippen molar-refractivity contribution in [3.63, 3.8) is 0 Å². The molecular formula is C22H35N5O2. The first-order valence-electron chi connectivity index (χ1n) is 10.9. The zero-order chi connectivity index (χ0) is 20.5. The molecule has 0 saturated carbocycles. The molecule has 1 aromatic rings. The Morgan fingerprint density at radius 3 is 2.34 bits per heavy atom. The molecule has 2 fully saturated rings. The topological polar surface area (TPSA) is 60.4 Å². The summed E-state index contributed by atoms with van der Waals surface area (Å²) in [6, 6.07) is 10.4. The number of hydrogen-bond acceptors (Lipinski definition) is 4. The molecule has 0 aliphatic carbocycles. The first kappa shape index (κ1) is 21.4. The lowest BCUT2D eigenvalue weighted by molar-refractivity contribution is -0.129. The van der Waals surface area contributed by atoms with Gasteiger partial charge in [0.25, 0.3) is 0 Å². The number of aliphatic imine (C=N–C) groups is 1. The molecule has 7 nitrogen and oxygen atoms in total. The van der Waals surface area contributed by atoms with Crippen LogP contribution in [0.4, 0.5) is 5.69 Å². The summed E-state index contributed by atoms with van der Waals surface area (Å²) in [4.78, 5) is 23.9. The minimum Gasteiger partial charge on any atom is -0.378 e. The van der Waals surface area contributed by atoms with Gasteiger partial charge in [-0.2, -0.15) is 0 Å². The van der Waals surface area contributed by atoms with E-state index < -0.39 is 0 Å². The van der Waals surface area contributed by atoms with Gasteiger partial charge in [0.1, 0.15) is 6.54 Å². The van der Waals surface area contributed by atoms with Gasteiger partial charge in [-0.1, -0.05) is 18.2 Å². The summed E-state index contributed by atoms with van der Waals surface area (Å²) in [5.74, 6) is 0.955.